The van der Waals surface area contributed by atoms with Crippen molar-refractivity contribution in [3.63, 3.8) is 0 Å². The Bertz CT molecular complexity index is 1370. The molecule has 0 aromatic heterocycles. The van der Waals surface area contributed by atoms with Gasteiger partial charge in [0.2, 0.25) is 0 Å². The van der Waals surface area contributed by atoms with Crippen LogP contribution in [0.3, 0.4) is 0 Å². The van der Waals surface area contributed by atoms with Crippen LogP contribution in [0.2, 0.25) is 0 Å². The minimum absolute atomic E-state index is 0.0378. The molecule has 0 aliphatic carbocycles. The average Bonchev–Trinajstić information content (AvgIpc) is 2.83. The van der Waals surface area contributed by atoms with E-state index < -0.39 is 20.0 Å². The van der Waals surface area contributed by atoms with Gasteiger partial charge in [-0.2, -0.15) is 0 Å². The molecule has 1 aliphatic heterocycles. The fourth-order valence-electron chi connectivity index (χ4n) is 3.94. The van der Waals surface area contributed by atoms with Gasteiger partial charge in [-0.15, -0.1) is 0 Å². The van der Waals surface area contributed by atoms with E-state index in [1.165, 1.54) is 11.4 Å². The van der Waals surface area contributed by atoms with Crippen molar-refractivity contribution in [3.05, 3.63) is 77.9 Å². The predicted molar refractivity (Wildman–Crippen MR) is 129 cm³/mol. The Hall–Kier alpha value is -3.04. The molecule has 0 spiro atoms. The standard InChI is InChI=1S/C24H26N2O5S2/c1-3-18-11-14-23(31-2)24(16-18)32(27,28)25-20-13-12-19-8-7-15-26(22(19)17-20)33(29,30)21-9-5-4-6-10-21/h4-6,9-14,16-17,25H,3,7-8,15H2,1-2H3. The highest BCUT2D eigenvalue weighted by molar-refractivity contribution is 7.93. The lowest BCUT2D eigenvalue weighted by molar-refractivity contribution is 0.402. The summed E-state index contributed by atoms with van der Waals surface area (Å²) in [5.41, 5.74) is 2.49. The van der Waals surface area contributed by atoms with E-state index in [1.54, 1.807) is 60.7 Å². The molecule has 3 aromatic carbocycles. The van der Waals surface area contributed by atoms with Crippen molar-refractivity contribution >= 4 is 31.4 Å². The normalized spacial score (nSPS) is 13.9. The fraction of sp³-hybridized carbons (Fsp3) is 0.250. The summed E-state index contributed by atoms with van der Waals surface area (Å²) in [5, 5.41) is 0. The van der Waals surface area contributed by atoms with Gasteiger partial charge in [0, 0.05) is 6.54 Å². The molecule has 0 unspecified atom stereocenters. The van der Waals surface area contributed by atoms with E-state index in [0.717, 1.165) is 17.5 Å². The molecule has 4 rings (SSSR count). The Kier molecular flexibility index (Phi) is 6.36. The average molecular weight is 487 g/mol. The number of fused-ring (bicyclic) bond motifs is 1. The number of methoxy groups -OCH3 is 1. The van der Waals surface area contributed by atoms with E-state index in [4.69, 9.17) is 4.74 Å². The molecule has 1 heterocycles. The zero-order chi connectivity index (χ0) is 23.6. The van der Waals surface area contributed by atoms with Gasteiger partial charge >= 0.3 is 0 Å². The molecule has 174 valence electrons. The van der Waals surface area contributed by atoms with E-state index in [0.29, 0.717) is 25.1 Å². The van der Waals surface area contributed by atoms with Crippen molar-refractivity contribution in [3.8, 4) is 5.75 Å². The molecule has 3 aromatic rings. The van der Waals surface area contributed by atoms with Crippen LogP contribution in [0.5, 0.6) is 5.75 Å². The van der Waals surface area contributed by atoms with Crippen molar-refractivity contribution < 1.29 is 21.6 Å². The van der Waals surface area contributed by atoms with Gasteiger partial charge in [-0.25, -0.2) is 16.8 Å². The topological polar surface area (TPSA) is 92.8 Å². The number of hydrogen-bond donors (Lipinski definition) is 1. The van der Waals surface area contributed by atoms with E-state index in [-0.39, 0.29) is 21.2 Å². The Morgan fingerprint density at radius 3 is 2.42 bits per heavy atom. The Labute approximate surface area is 195 Å². The van der Waals surface area contributed by atoms with Crippen molar-refractivity contribution in [2.24, 2.45) is 0 Å². The number of benzene rings is 3. The van der Waals surface area contributed by atoms with Gasteiger partial charge in [-0.05, 0) is 66.8 Å². The first-order valence-electron chi connectivity index (χ1n) is 10.7. The van der Waals surface area contributed by atoms with E-state index in [2.05, 4.69) is 4.72 Å². The molecule has 9 heteroatoms. The summed E-state index contributed by atoms with van der Waals surface area (Å²) in [4.78, 5) is 0.237. The van der Waals surface area contributed by atoms with Crippen LogP contribution in [0.15, 0.2) is 76.5 Å². The molecule has 0 amide bonds. The maximum atomic E-state index is 13.3. The molecule has 0 fully saturated rings. The fourth-order valence-corrected chi connectivity index (χ4v) is 6.76. The summed E-state index contributed by atoms with van der Waals surface area (Å²) in [6, 6.07) is 18.3. The number of hydrogen-bond acceptors (Lipinski definition) is 5. The molecule has 0 saturated heterocycles. The molecular weight excluding hydrogens is 460 g/mol. The third-order valence-electron chi connectivity index (χ3n) is 5.67. The highest BCUT2D eigenvalue weighted by Crippen LogP contribution is 2.35. The number of nitrogens with zero attached hydrogens (tertiary/aromatic N) is 1. The largest absolute Gasteiger partial charge is 0.495 e. The quantitative estimate of drug-likeness (QED) is 0.540. The van der Waals surface area contributed by atoms with Crippen LogP contribution >= 0.6 is 0 Å². The van der Waals surface area contributed by atoms with Crippen molar-refractivity contribution in [2.45, 2.75) is 36.0 Å². The van der Waals surface area contributed by atoms with Crippen LogP contribution in [0.4, 0.5) is 11.4 Å². The van der Waals surface area contributed by atoms with Gasteiger partial charge in [-0.3, -0.25) is 9.03 Å². The lowest BCUT2D eigenvalue weighted by Gasteiger charge is -2.31. The van der Waals surface area contributed by atoms with Crippen LogP contribution in [-0.4, -0.2) is 30.5 Å². The molecule has 1 N–H and O–H groups in total. The van der Waals surface area contributed by atoms with Crippen LogP contribution in [0, 0.1) is 0 Å². The number of ether oxygens (including phenoxy) is 1. The third kappa shape index (κ3) is 4.56. The maximum absolute atomic E-state index is 13.3. The second kappa shape index (κ2) is 9.07. The predicted octanol–water partition coefficient (Wildman–Crippen LogP) is 4.20. The molecule has 0 bridgehead atoms. The summed E-state index contributed by atoms with van der Waals surface area (Å²) in [6.07, 6.45) is 2.08. The SMILES string of the molecule is CCc1ccc(OC)c(S(=O)(=O)Nc2ccc3c(c2)N(S(=O)(=O)c2ccccc2)CCC3)c1. The summed E-state index contributed by atoms with van der Waals surface area (Å²) < 4.78 is 62.2. The Morgan fingerprint density at radius 2 is 1.73 bits per heavy atom. The zero-order valence-corrected chi connectivity index (χ0v) is 20.1. The number of rotatable bonds is 7. The van der Waals surface area contributed by atoms with Crippen LogP contribution in [0.1, 0.15) is 24.5 Å². The Morgan fingerprint density at radius 1 is 0.970 bits per heavy atom. The molecule has 0 atom stereocenters. The van der Waals surface area contributed by atoms with Gasteiger partial charge in [0.05, 0.1) is 23.4 Å². The smallest absolute Gasteiger partial charge is 0.265 e. The van der Waals surface area contributed by atoms with Gasteiger partial charge in [-0.1, -0.05) is 37.3 Å². The van der Waals surface area contributed by atoms with Crippen LogP contribution in [-0.2, 0) is 32.9 Å². The second-order valence-corrected chi connectivity index (χ2v) is 11.3. The monoisotopic (exact) mass is 486 g/mol. The number of aryl methyl sites for hydroxylation is 2. The molecular formula is C24H26N2O5S2. The summed E-state index contributed by atoms with van der Waals surface area (Å²) in [7, 11) is -6.31. The number of anilines is 2. The number of sulfonamides is 2. The summed E-state index contributed by atoms with van der Waals surface area (Å²) in [6.45, 7) is 2.27. The lowest BCUT2D eigenvalue weighted by Crippen LogP contribution is -2.35. The van der Waals surface area contributed by atoms with Gasteiger partial charge in [0.1, 0.15) is 10.6 Å². The van der Waals surface area contributed by atoms with E-state index in [9.17, 15) is 16.8 Å². The highest BCUT2D eigenvalue weighted by Gasteiger charge is 2.30. The minimum atomic E-state index is -3.96. The van der Waals surface area contributed by atoms with E-state index in [1.807, 2.05) is 13.0 Å². The Balaban J connectivity index is 1.72. The van der Waals surface area contributed by atoms with Gasteiger partial charge in [0.25, 0.3) is 20.0 Å². The number of nitrogens with one attached hydrogen (secondary N) is 1. The first kappa shape index (κ1) is 23.1. The van der Waals surface area contributed by atoms with Crippen molar-refractivity contribution in [2.75, 3.05) is 22.7 Å². The third-order valence-corrected chi connectivity index (χ3v) is 8.90. The van der Waals surface area contributed by atoms with Crippen molar-refractivity contribution in [1.82, 2.24) is 0 Å². The second-order valence-electron chi connectivity index (χ2n) is 7.78. The van der Waals surface area contributed by atoms with Gasteiger partial charge in [0.15, 0.2) is 0 Å². The maximum Gasteiger partial charge on any atom is 0.265 e. The highest BCUT2D eigenvalue weighted by atomic mass is 32.2. The molecule has 0 saturated carbocycles. The zero-order valence-electron chi connectivity index (χ0n) is 18.5. The molecule has 0 radical (unpaired) electrons. The summed E-state index contributed by atoms with van der Waals surface area (Å²) in [5.74, 6) is 0.242. The molecule has 7 nitrogen and oxygen atoms in total. The lowest BCUT2D eigenvalue weighted by atomic mass is 10.0. The first-order valence-corrected chi connectivity index (χ1v) is 13.6. The minimum Gasteiger partial charge on any atom is -0.495 e. The van der Waals surface area contributed by atoms with Crippen LogP contribution in [0.25, 0.3) is 0 Å². The van der Waals surface area contributed by atoms with Gasteiger partial charge < -0.3 is 4.74 Å². The summed E-state index contributed by atoms with van der Waals surface area (Å²) >= 11 is 0. The van der Waals surface area contributed by atoms with E-state index >= 15 is 0 Å². The molecule has 33 heavy (non-hydrogen) atoms. The molecule has 1 aliphatic rings. The first-order chi connectivity index (χ1) is 15.8. The van der Waals surface area contributed by atoms with Crippen molar-refractivity contribution in [1.29, 1.82) is 0 Å². The van der Waals surface area contributed by atoms with Crippen LogP contribution < -0.4 is 13.8 Å².